The third-order valence-corrected chi connectivity index (χ3v) is 3.57. The first-order valence-corrected chi connectivity index (χ1v) is 5.63. The number of aryl methyl sites for hydroxylation is 1. The summed E-state index contributed by atoms with van der Waals surface area (Å²) in [6.45, 7) is 1.80. The van der Waals surface area contributed by atoms with Gasteiger partial charge in [-0.1, -0.05) is 0 Å². The number of nitrogens with zero attached hydrogens (tertiary/aromatic N) is 1. The highest BCUT2D eigenvalue weighted by Gasteiger charge is 2.35. The summed E-state index contributed by atoms with van der Waals surface area (Å²) in [5.41, 5.74) is 1.77. The lowest BCUT2D eigenvalue weighted by Gasteiger charge is -1.98. The smallest absolute Gasteiger partial charge is 0.443 e. The van der Waals surface area contributed by atoms with Crippen molar-refractivity contribution in [3.63, 3.8) is 0 Å². The number of furan rings is 1. The normalized spacial score (nSPS) is 12.7. The van der Waals surface area contributed by atoms with E-state index in [1.54, 1.807) is 19.1 Å². The van der Waals surface area contributed by atoms with E-state index in [9.17, 15) is 13.2 Å². The van der Waals surface area contributed by atoms with Crippen LogP contribution in [0.5, 0.6) is 0 Å². The Morgan fingerprint density at radius 3 is 2.82 bits per heavy atom. The van der Waals surface area contributed by atoms with Gasteiger partial charge < -0.3 is 4.42 Å². The van der Waals surface area contributed by atoms with Crippen LogP contribution in [0.4, 0.5) is 13.2 Å². The molecular weight excluding hydrogens is 251 g/mol. The molecule has 2 aromatic heterocycles. The zero-order valence-electron chi connectivity index (χ0n) is 8.63. The molecule has 0 radical (unpaired) electrons. The fourth-order valence-corrected chi connectivity index (χ4v) is 2.76. The van der Waals surface area contributed by atoms with E-state index >= 15 is 0 Å². The molecule has 0 saturated carbocycles. The van der Waals surface area contributed by atoms with Crippen LogP contribution in [-0.2, 0) is 6.18 Å². The molecule has 0 bridgehead atoms. The molecule has 1 aromatic carbocycles. The van der Waals surface area contributed by atoms with Crippen molar-refractivity contribution in [1.29, 1.82) is 0 Å². The topological polar surface area (TPSA) is 26.0 Å². The maximum Gasteiger partial charge on any atom is 0.443 e. The maximum absolute atomic E-state index is 12.6. The summed E-state index contributed by atoms with van der Waals surface area (Å²) in [6, 6.07) is 3.32. The number of halogens is 3. The molecule has 0 unspecified atom stereocenters. The minimum Gasteiger partial charge on any atom is -0.464 e. The molecule has 0 aliphatic heterocycles. The van der Waals surface area contributed by atoms with Crippen LogP contribution in [0.3, 0.4) is 0 Å². The van der Waals surface area contributed by atoms with E-state index in [1.807, 2.05) is 0 Å². The number of thiazole rings is 1. The van der Waals surface area contributed by atoms with Gasteiger partial charge in [-0.05, 0) is 24.6 Å². The molecule has 6 heteroatoms. The van der Waals surface area contributed by atoms with Gasteiger partial charge in [0.15, 0.2) is 5.01 Å². The van der Waals surface area contributed by atoms with Crippen LogP contribution in [0.2, 0.25) is 0 Å². The third-order valence-electron chi connectivity index (χ3n) is 2.52. The van der Waals surface area contributed by atoms with E-state index in [2.05, 4.69) is 4.98 Å². The molecule has 2 nitrogen and oxygen atoms in total. The third kappa shape index (κ3) is 1.51. The molecular formula is C11H6F3NOS. The molecule has 0 saturated heterocycles. The standard InChI is InChI=1S/C11H6F3NOS/c1-5-4-7-8(6-2-3-16-9(5)6)15-10(17-7)11(12,13)14/h2-4H,1H3. The molecule has 17 heavy (non-hydrogen) atoms. The highest BCUT2D eigenvalue weighted by Crippen LogP contribution is 2.38. The fourth-order valence-electron chi connectivity index (χ4n) is 1.81. The predicted octanol–water partition coefficient (Wildman–Crippen LogP) is 4.37. The summed E-state index contributed by atoms with van der Waals surface area (Å²) in [4.78, 5) is 3.66. The van der Waals surface area contributed by atoms with Gasteiger partial charge in [0.05, 0.1) is 16.5 Å². The van der Waals surface area contributed by atoms with Gasteiger partial charge in [0.25, 0.3) is 0 Å². The van der Waals surface area contributed by atoms with E-state index < -0.39 is 11.2 Å². The van der Waals surface area contributed by atoms with Gasteiger partial charge in [0.1, 0.15) is 5.58 Å². The molecule has 0 fully saturated rings. The Morgan fingerprint density at radius 2 is 2.12 bits per heavy atom. The zero-order valence-corrected chi connectivity index (χ0v) is 9.45. The Bertz CT molecular complexity index is 710. The van der Waals surface area contributed by atoms with Crippen molar-refractivity contribution in [2.24, 2.45) is 0 Å². The zero-order chi connectivity index (χ0) is 12.2. The highest BCUT2D eigenvalue weighted by atomic mass is 32.1. The summed E-state index contributed by atoms with van der Waals surface area (Å²) >= 11 is 0.659. The van der Waals surface area contributed by atoms with Crippen molar-refractivity contribution in [3.8, 4) is 0 Å². The van der Waals surface area contributed by atoms with Crippen molar-refractivity contribution in [2.75, 3.05) is 0 Å². The quantitative estimate of drug-likeness (QED) is 0.597. The summed E-state index contributed by atoms with van der Waals surface area (Å²) in [5.74, 6) is 0. The van der Waals surface area contributed by atoms with Crippen molar-refractivity contribution in [3.05, 3.63) is 29.0 Å². The van der Waals surface area contributed by atoms with Gasteiger partial charge in [-0.25, -0.2) is 4.98 Å². The van der Waals surface area contributed by atoms with Crippen LogP contribution in [0.25, 0.3) is 21.2 Å². The van der Waals surface area contributed by atoms with Crippen LogP contribution in [-0.4, -0.2) is 4.98 Å². The molecule has 0 aliphatic rings. The summed E-state index contributed by atoms with van der Waals surface area (Å²) in [5, 5.41) is -0.188. The van der Waals surface area contributed by atoms with Gasteiger partial charge >= 0.3 is 6.18 Å². The lowest BCUT2D eigenvalue weighted by Crippen LogP contribution is -2.03. The van der Waals surface area contributed by atoms with E-state index in [0.717, 1.165) is 5.56 Å². The molecule has 0 N–H and O–H groups in total. The van der Waals surface area contributed by atoms with E-state index in [1.165, 1.54) is 6.26 Å². The van der Waals surface area contributed by atoms with Gasteiger partial charge in [0.2, 0.25) is 0 Å². The maximum atomic E-state index is 12.6. The molecule has 88 valence electrons. The Hall–Kier alpha value is -1.56. The first-order valence-electron chi connectivity index (χ1n) is 4.81. The second kappa shape index (κ2) is 3.22. The largest absolute Gasteiger partial charge is 0.464 e. The van der Waals surface area contributed by atoms with E-state index in [0.29, 0.717) is 32.5 Å². The molecule has 0 aliphatic carbocycles. The summed E-state index contributed by atoms with van der Waals surface area (Å²) in [6.07, 6.45) is -2.93. The number of benzene rings is 1. The number of fused-ring (bicyclic) bond motifs is 3. The average Bonchev–Trinajstić information content (AvgIpc) is 2.78. The first-order chi connectivity index (χ1) is 7.97. The molecule has 2 heterocycles. The lowest BCUT2D eigenvalue weighted by molar-refractivity contribution is -0.137. The van der Waals surface area contributed by atoms with Gasteiger partial charge in [0, 0.05) is 5.39 Å². The second-order valence-electron chi connectivity index (χ2n) is 3.72. The van der Waals surface area contributed by atoms with Crippen LogP contribution in [0, 0.1) is 6.92 Å². The number of rotatable bonds is 0. The average molecular weight is 257 g/mol. The first kappa shape index (κ1) is 10.6. The number of hydrogen-bond donors (Lipinski definition) is 0. The molecule has 0 atom stereocenters. The number of aromatic nitrogens is 1. The Morgan fingerprint density at radius 1 is 1.35 bits per heavy atom. The van der Waals surface area contributed by atoms with Crippen LogP contribution < -0.4 is 0 Å². The molecule has 0 spiro atoms. The molecule has 3 aromatic rings. The van der Waals surface area contributed by atoms with Gasteiger partial charge in [-0.15, -0.1) is 11.3 Å². The SMILES string of the molecule is Cc1cc2sc(C(F)(F)F)nc2c2ccoc12. The summed E-state index contributed by atoms with van der Waals surface area (Å²) in [7, 11) is 0. The predicted molar refractivity (Wildman–Crippen MR) is 59.1 cm³/mol. The molecule has 3 rings (SSSR count). The minimum absolute atomic E-state index is 0.358. The van der Waals surface area contributed by atoms with Crippen molar-refractivity contribution < 1.29 is 17.6 Å². The Kier molecular flexibility index (Phi) is 2.01. The highest BCUT2D eigenvalue weighted by molar-refractivity contribution is 7.18. The molecule has 0 amide bonds. The number of hydrogen-bond acceptors (Lipinski definition) is 3. The van der Waals surface area contributed by atoms with Crippen molar-refractivity contribution in [1.82, 2.24) is 4.98 Å². The second-order valence-corrected chi connectivity index (χ2v) is 4.75. The van der Waals surface area contributed by atoms with E-state index in [4.69, 9.17) is 4.42 Å². The number of alkyl halides is 3. The van der Waals surface area contributed by atoms with Gasteiger partial charge in [-0.2, -0.15) is 13.2 Å². The minimum atomic E-state index is -4.40. The lowest BCUT2D eigenvalue weighted by atomic mass is 10.1. The van der Waals surface area contributed by atoms with Crippen LogP contribution in [0.15, 0.2) is 22.8 Å². The van der Waals surface area contributed by atoms with Crippen molar-refractivity contribution in [2.45, 2.75) is 13.1 Å². The summed E-state index contributed by atoms with van der Waals surface area (Å²) < 4.78 is 43.5. The van der Waals surface area contributed by atoms with E-state index in [-0.39, 0.29) is 0 Å². The van der Waals surface area contributed by atoms with Crippen molar-refractivity contribution >= 4 is 32.5 Å². The Labute approximate surface area is 97.7 Å². The Balaban J connectivity index is 2.43. The monoisotopic (exact) mass is 257 g/mol. The fraction of sp³-hybridized carbons (Fsp3) is 0.182. The van der Waals surface area contributed by atoms with Gasteiger partial charge in [-0.3, -0.25) is 0 Å². The van der Waals surface area contributed by atoms with Crippen LogP contribution in [0.1, 0.15) is 10.6 Å². The van der Waals surface area contributed by atoms with Crippen LogP contribution >= 0.6 is 11.3 Å².